The topological polar surface area (TPSA) is 58.5 Å². The number of thiazole rings is 1. The van der Waals surface area contributed by atoms with Crippen molar-refractivity contribution < 1.29 is 31.1 Å². The van der Waals surface area contributed by atoms with Crippen molar-refractivity contribution in [1.29, 1.82) is 0 Å². The van der Waals surface area contributed by atoms with Crippen molar-refractivity contribution in [3.8, 4) is 0 Å². The summed E-state index contributed by atoms with van der Waals surface area (Å²) in [7, 11) is 1.50. The normalized spacial score (nSPS) is 12.7. The van der Waals surface area contributed by atoms with Gasteiger partial charge in [-0.1, -0.05) is 0 Å². The molecule has 0 spiro atoms. The SMILES string of the molecule is CN=C(NCCCOCC(F)(F)F)NCCc1nc(C(F)(F)F)cs1.I. The molecule has 0 fully saturated rings. The number of hydrogen-bond acceptors (Lipinski definition) is 4. The lowest BCUT2D eigenvalue weighted by molar-refractivity contribution is -0.173. The van der Waals surface area contributed by atoms with Crippen molar-refractivity contribution in [1.82, 2.24) is 15.6 Å². The quantitative estimate of drug-likeness (QED) is 0.181. The van der Waals surface area contributed by atoms with Gasteiger partial charge in [-0.15, -0.1) is 35.3 Å². The average molecular weight is 520 g/mol. The van der Waals surface area contributed by atoms with Crippen LogP contribution in [-0.2, 0) is 17.3 Å². The minimum atomic E-state index is -4.45. The molecule has 0 aliphatic rings. The number of aromatic nitrogens is 1. The van der Waals surface area contributed by atoms with E-state index in [-0.39, 0.29) is 37.0 Å². The molecule has 1 heterocycles. The Bertz CT molecular complexity index is 549. The summed E-state index contributed by atoms with van der Waals surface area (Å²) in [6.07, 6.45) is -8.16. The Balaban J connectivity index is 0.00000625. The van der Waals surface area contributed by atoms with Crippen LogP contribution in [0.25, 0.3) is 0 Å². The smallest absolute Gasteiger partial charge is 0.372 e. The second-order valence-electron chi connectivity index (χ2n) is 4.82. The molecule has 1 rings (SSSR count). The van der Waals surface area contributed by atoms with Gasteiger partial charge in [-0.2, -0.15) is 26.3 Å². The number of aliphatic imine (C=N–C) groups is 1. The minimum absolute atomic E-state index is 0. The van der Waals surface area contributed by atoms with Crippen molar-refractivity contribution in [3.63, 3.8) is 0 Å². The Labute approximate surface area is 167 Å². The Hall–Kier alpha value is -0.830. The zero-order chi connectivity index (χ0) is 18.9. The van der Waals surface area contributed by atoms with Gasteiger partial charge >= 0.3 is 12.4 Å². The van der Waals surface area contributed by atoms with Crippen LogP contribution in [0.1, 0.15) is 17.1 Å². The van der Waals surface area contributed by atoms with Crippen molar-refractivity contribution >= 4 is 41.3 Å². The summed E-state index contributed by atoms with van der Waals surface area (Å²) in [5.41, 5.74) is -0.908. The maximum absolute atomic E-state index is 12.4. The molecule has 0 amide bonds. The van der Waals surface area contributed by atoms with Crippen molar-refractivity contribution in [2.24, 2.45) is 4.99 Å². The van der Waals surface area contributed by atoms with E-state index in [1.165, 1.54) is 7.05 Å². The third-order valence-corrected chi connectivity index (χ3v) is 3.63. The first-order chi connectivity index (χ1) is 11.6. The van der Waals surface area contributed by atoms with E-state index in [1.807, 2.05) is 0 Å². The number of halogens is 7. The maximum atomic E-state index is 12.4. The standard InChI is InChI=1S/C13H18F6N4OS.HI/c1-20-11(21-4-2-6-24-8-12(14,15)16)22-5-3-10-23-9(7-25-10)13(17,18)19;/h7H,2-6,8H2,1H3,(H2,20,21,22);1H. The van der Waals surface area contributed by atoms with Gasteiger partial charge in [0.25, 0.3) is 0 Å². The molecule has 2 N–H and O–H groups in total. The summed E-state index contributed by atoms with van der Waals surface area (Å²) in [6.45, 7) is -0.682. The maximum Gasteiger partial charge on any atom is 0.434 e. The van der Waals surface area contributed by atoms with Gasteiger partial charge in [0, 0.05) is 38.5 Å². The Morgan fingerprint density at radius 2 is 1.85 bits per heavy atom. The van der Waals surface area contributed by atoms with E-state index >= 15 is 0 Å². The van der Waals surface area contributed by atoms with Crippen LogP contribution >= 0.6 is 35.3 Å². The van der Waals surface area contributed by atoms with Gasteiger partial charge in [-0.25, -0.2) is 4.98 Å². The van der Waals surface area contributed by atoms with Crippen LogP contribution in [0.2, 0.25) is 0 Å². The zero-order valence-corrected chi connectivity index (χ0v) is 16.9. The fourth-order valence-electron chi connectivity index (χ4n) is 1.63. The molecule has 0 unspecified atom stereocenters. The molecule has 0 saturated heterocycles. The van der Waals surface area contributed by atoms with E-state index in [0.717, 1.165) is 16.7 Å². The highest BCUT2D eigenvalue weighted by Gasteiger charge is 2.33. The third-order valence-electron chi connectivity index (χ3n) is 2.72. The van der Waals surface area contributed by atoms with Gasteiger partial charge in [0.05, 0.1) is 5.01 Å². The summed E-state index contributed by atoms with van der Waals surface area (Å²) in [6, 6.07) is 0. The van der Waals surface area contributed by atoms with E-state index in [2.05, 4.69) is 25.3 Å². The zero-order valence-electron chi connectivity index (χ0n) is 13.7. The molecule has 0 aromatic carbocycles. The van der Waals surface area contributed by atoms with Crippen LogP contribution in [0.15, 0.2) is 10.4 Å². The number of ether oxygens (including phenoxy) is 1. The van der Waals surface area contributed by atoms with E-state index in [9.17, 15) is 26.3 Å². The Morgan fingerprint density at radius 1 is 1.19 bits per heavy atom. The van der Waals surface area contributed by atoms with E-state index in [0.29, 0.717) is 30.5 Å². The van der Waals surface area contributed by atoms with Gasteiger partial charge in [-0.05, 0) is 6.42 Å². The molecule has 0 atom stereocenters. The number of nitrogens with zero attached hydrogens (tertiary/aromatic N) is 2. The molecular weight excluding hydrogens is 501 g/mol. The van der Waals surface area contributed by atoms with Crippen LogP contribution in [0.3, 0.4) is 0 Å². The predicted octanol–water partition coefficient (Wildman–Crippen LogP) is 3.46. The lowest BCUT2D eigenvalue weighted by Gasteiger charge is -2.12. The molecule has 5 nitrogen and oxygen atoms in total. The molecule has 1 aromatic rings. The number of hydrogen-bond donors (Lipinski definition) is 2. The van der Waals surface area contributed by atoms with Crippen LogP contribution < -0.4 is 10.6 Å². The summed E-state index contributed by atoms with van der Waals surface area (Å²) < 4.78 is 77.3. The van der Waals surface area contributed by atoms with Crippen LogP contribution in [0.5, 0.6) is 0 Å². The first-order valence-electron chi connectivity index (χ1n) is 7.22. The molecule has 0 saturated carbocycles. The Kier molecular flexibility index (Phi) is 11.4. The van der Waals surface area contributed by atoms with Gasteiger partial charge in [-0.3, -0.25) is 4.99 Å². The lowest BCUT2D eigenvalue weighted by Crippen LogP contribution is -2.39. The number of nitrogens with one attached hydrogen (secondary N) is 2. The summed E-state index contributed by atoms with van der Waals surface area (Å²) >= 11 is 0.925. The second kappa shape index (κ2) is 11.8. The first kappa shape index (κ1) is 25.2. The average Bonchev–Trinajstić information content (AvgIpc) is 2.96. The molecule has 0 radical (unpaired) electrons. The minimum Gasteiger partial charge on any atom is -0.372 e. The Morgan fingerprint density at radius 3 is 2.38 bits per heavy atom. The molecule has 0 bridgehead atoms. The summed E-state index contributed by atoms with van der Waals surface area (Å²) in [4.78, 5) is 7.40. The van der Waals surface area contributed by atoms with Gasteiger partial charge in [0.2, 0.25) is 0 Å². The van der Waals surface area contributed by atoms with E-state index in [4.69, 9.17) is 0 Å². The van der Waals surface area contributed by atoms with E-state index in [1.54, 1.807) is 0 Å². The van der Waals surface area contributed by atoms with Crippen LogP contribution in [0.4, 0.5) is 26.3 Å². The van der Waals surface area contributed by atoms with Crippen molar-refractivity contribution in [3.05, 3.63) is 16.1 Å². The summed E-state index contributed by atoms with van der Waals surface area (Å²) in [5.74, 6) is 0.392. The third kappa shape index (κ3) is 11.0. The molecule has 13 heteroatoms. The molecule has 1 aromatic heterocycles. The van der Waals surface area contributed by atoms with E-state index < -0.39 is 24.7 Å². The number of alkyl halides is 6. The fraction of sp³-hybridized carbons (Fsp3) is 0.692. The molecule has 26 heavy (non-hydrogen) atoms. The van der Waals surface area contributed by atoms with Gasteiger partial charge in [0.1, 0.15) is 6.61 Å². The highest BCUT2D eigenvalue weighted by molar-refractivity contribution is 14.0. The molecule has 0 aliphatic heterocycles. The fourth-order valence-corrected chi connectivity index (χ4v) is 2.44. The predicted molar refractivity (Wildman–Crippen MR) is 97.1 cm³/mol. The van der Waals surface area contributed by atoms with Gasteiger partial charge in [0.15, 0.2) is 11.7 Å². The number of guanidine groups is 1. The number of rotatable bonds is 8. The van der Waals surface area contributed by atoms with Crippen LogP contribution in [0, 0.1) is 0 Å². The van der Waals surface area contributed by atoms with Crippen LogP contribution in [-0.4, -0.2) is 50.5 Å². The van der Waals surface area contributed by atoms with Crippen molar-refractivity contribution in [2.75, 3.05) is 33.4 Å². The molecule has 152 valence electrons. The highest BCUT2D eigenvalue weighted by atomic mass is 127. The molecular formula is C13H19F6IN4OS. The highest BCUT2D eigenvalue weighted by Crippen LogP contribution is 2.29. The monoisotopic (exact) mass is 520 g/mol. The molecule has 0 aliphatic carbocycles. The van der Waals surface area contributed by atoms with Gasteiger partial charge < -0.3 is 15.4 Å². The largest absolute Gasteiger partial charge is 0.434 e. The first-order valence-corrected chi connectivity index (χ1v) is 8.10. The lowest BCUT2D eigenvalue weighted by atomic mass is 10.4. The van der Waals surface area contributed by atoms with Crippen molar-refractivity contribution in [2.45, 2.75) is 25.2 Å². The second-order valence-corrected chi connectivity index (χ2v) is 5.76. The summed E-state index contributed by atoms with van der Waals surface area (Å²) in [5, 5.41) is 7.05.